The van der Waals surface area contributed by atoms with Gasteiger partial charge in [-0.2, -0.15) is 5.10 Å². The fraction of sp³-hybridized carbons (Fsp3) is 0.316. The van der Waals surface area contributed by atoms with Crippen LogP contribution in [0.3, 0.4) is 0 Å². The molecule has 0 saturated heterocycles. The molecule has 1 fully saturated rings. The molecule has 2 heterocycles. The number of anilines is 1. The molecule has 0 unspecified atom stereocenters. The molecule has 0 aliphatic heterocycles. The fourth-order valence-electron chi connectivity index (χ4n) is 3.63. The monoisotopic (exact) mass is 453 g/mol. The maximum Gasteiger partial charge on any atom is 0.265 e. The third-order valence-corrected chi connectivity index (χ3v) is 6.40. The highest BCUT2D eigenvalue weighted by molar-refractivity contribution is 7.92. The number of ether oxygens (including phenoxy) is 1. The lowest BCUT2D eigenvalue weighted by Crippen LogP contribution is -2.22. The molecule has 2 aromatic heterocycles. The number of benzene rings is 1. The maximum absolute atomic E-state index is 14.6. The molecule has 31 heavy (non-hydrogen) atoms. The van der Waals surface area contributed by atoms with Gasteiger partial charge in [0.2, 0.25) is 0 Å². The zero-order valence-electron chi connectivity index (χ0n) is 16.2. The van der Waals surface area contributed by atoms with Crippen molar-refractivity contribution in [1.29, 1.82) is 0 Å². The number of alkyl halides is 2. The number of aromatic nitrogens is 4. The second kappa shape index (κ2) is 7.84. The molecule has 1 aliphatic rings. The van der Waals surface area contributed by atoms with Crippen molar-refractivity contribution in [3.8, 4) is 5.75 Å². The van der Waals surface area contributed by atoms with Crippen molar-refractivity contribution in [3.05, 3.63) is 60.6 Å². The van der Waals surface area contributed by atoms with Gasteiger partial charge in [-0.05, 0) is 24.3 Å². The summed E-state index contributed by atoms with van der Waals surface area (Å²) in [5.41, 5.74) is 0.580. The van der Waals surface area contributed by atoms with Crippen molar-refractivity contribution in [3.63, 3.8) is 0 Å². The number of nitrogens with one attached hydrogen (secondary N) is 1. The Bertz CT molecular complexity index is 1190. The van der Waals surface area contributed by atoms with Gasteiger partial charge in [-0.25, -0.2) is 31.6 Å². The van der Waals surface area contributed by atoms with E-state index in [1.165, 1.54) is 29.2 Å². The molecule has 1 N–H and O–H groups in total. The molecule has 4 rings (SSSR count). The zero-order chi connectivity index (χ0) is 22.2. The molecule has 1 aliphatic carbocycles. The molecule has 0 radical (unpaired) electrons. The molecule has 1 aromatic carbocycles. The average molecular weight is 453 g/mol. The first-order valence-electron chi connectivity index (χ1n) is 9.25. The van der Waals surface area contributed by atoms with E-state index in [9.17, 15) is 21.6 Å². The van der Waals surface area contributed by atoms with Crippen molar-refractivity contribution in [2.24, 2.45) is 7.05 Å². The van der Waals surface area contributed by atoms with E-state index in [0.717, 1.165) is 18.5 Å². The van der Waals surface area contributed by atoms with E-state index in [4.69, 9.17) is 4.74 Å². The van der Waals surface area contributed by atoms with E-state index in [1.807, 2.05) is 0 Å². The zero-order valence-corrected chi connectivity index (χ0v) is 17.1. The highest BCUT2D eigenvalue weighted by Gasteiger charge is 2.49. The van der Waals surface area contributed by atoms with Gasteiger partial charge in [0.15, 0.2) is 0 Å². The Hall–Kier alpha value is -3.15. The minimum atomic E-state index is -4.26. The molecular formula is C19H18F3N5O3S. The number of hydrogen-bond donors (Lipinski definition) is 1. The molecule has 1 saturated carbocycles. The Morgan fingerprint density at radius 3 is 2.65 bits per heavy atom. The highest BCUT2D eigenvalue weighted by atomic mass is 32.2. The summed E-state index contributed by atoms with van der Waals surface area (Å²) >= 11 is 0. The topological polar surface area (TPSA) is 99.0 Å². The third-order valence-electron chi connectivity index (χ3n) is 5.01. The summed E-state index contributed by atoms with van der Waals surface area (Å²) in [6.07, 6.45) is 2.09. The van der Waals surface area contributed by atoms with Crippen LogP contribution in [0.5, 0.6) is 5.75 Å². The number of aryl methyl sites for hydroxylation is 1. The van der Waals surface area contributed by atoms with Crippen LogP contribution in [0.15, 0.2) is 53.9 Å². The van der Waals surface area contributed by atoms with Crippen molar-refractivity contribution in [1.82, 2.24) is 19.7 Å². The Balaban J connectivity index is 1.56. The molecule has 0 bridgehead atoms. The summed E-state index contributed by atoms with van der Waals surface area (Å²) in [7, 11) is -2.62. The second-order valence-corrected chi connectivity index (χ2v) is 8.85. The van der Waals surface area contributed by atoms with Crippen LogP contribution in [0.1, 0.15) is 24.5 Å². The first-order chi connectivity index (χ1) is 14.6. The van der Waals surface area contributed by atoms with Crippen LogP contribution in [0, 0.1) is 5.82 Å². The van der Waals surface area contributed by atoms with E-state index >= 15 is 0 Å². The minimum absolute atomic E-state index is 0.0260. The molecular weight excluding hydrogens is 435 g/mol. The van der Waals surface area contributed by atoms with E-state index in [0.29, 0.717) is 5.69 Å². The van der Waals surface area contributed by atoms with Gasteiger partial charge in [0, 0.05) is 50.0 Å². The summed E-state index contributed by atoms with van der Waals surface area (Å²) in [6, 6.07) is 6.06. The van der Waals surface area contributed by atoms with Crippen LogP contribution in [0.25, 0.3) is 0 Å². The molecule has 0 amide bonds. The Labute approximate surface area is 176 Å². The van der Waals surface area contributed by atoms with Crippen molar-refractivity contribution in [2.45, 2.75) is 35.7 Å². The second-order valence-electron chi connectivity index (χ2n) is 7.20. The van der Waals surface area contributed by atoms with Crippen LogP contribution in [-0.4, -0.2) is 40.2 Å². The summed E-state index contributed by atoms with van der Waals surface area (Å²) in [5, 5.41) is 4.01. The van der Waals surface area contributed by atoms with Crippen LogP contribution in [0.4, 0.5) is 19.0 Å². The molecule has 12 heteroatoms. The van der Waals surface area contributed by atoms with Gasteiger partial charge in [-0.15, -0.1) is 0 Å². The molecule has 164 valence electrons. The third kappa shape index (κ3) is 4.48. The number of rotatable bonds is 6. The van der Waals surface area contributed by atoms with Gasteiger partial charge in [-0.1, -0.05) is 0 Å². The number of sulfonamides is 1. The van der Waals surface area contributed by atoms with E-state index in [1.54, 1.807) is 13.1 Å². The highest BCUT2D eigenvalue weighted by Crippen LogP contribution is 2.46. The Kier molecular flexibility index (Phi) is 5.33. The maximum atomic E-state index is 14.6. The Morgan fingerprint density at radius 2 is 2.00 bits per heavy atom. The van der Waals surface area contributed by atoms with Crippen LogP contribution >= 0.6 is 0 Å². The van der Waals surface area contributed by atoms with Crippen molar-refractivity contribution >= 4 is 15.8 Å². The normalized spacial score (nSPS) is 20.5. The largest absolute Gasteiger partial charge is 0.489 e. The quantitative estimate of drug-likeness (QED) is 0.616. The van der Waals surface area contributed by atoms with E-state index < -0.39 is 51.5 Å². The summed E-state index contributed by atoms with van der Waals surface area (Å²) in [4.78, 5) is 6.78. The smallest absolute Gasteiger partial charge is 0.265 e. The number of halogens is 3. The van der Waals surface area contributed by atoms with Gasteiger partial charge in [-0.3, -0.25) is 9.40 Å². The minimum Gasteiger partial charge on any atom is -0.489 e. The lowest BCUT2D eigenvalue weighted by atomic mass is 10.0. The average Bonchev–Trinajstić information content (AvgIpc) is 3.23. The van der Waals surface area contributed by atoms with Crippen molar-refractivity contribution in [2.75, 3.05) is 4.72 Å². The van der Waals surface area contributed by atoms with Crippen LogP contribution in [0.2, 0.25) is 0 Å². The van der Waals surface area contributed by atoms with Gasteiger partial charge in [0.1, 0.15) is 34.7 Å². The van der Waals surface area contributed by atoms with Gasteiger partial charge in [0.25, 0.3) is 15.9 Å². The van der Waals surface area contributed by atoms with E-state index in [-0.39, 0.29) is 11.6 Å². The molecule has 0 spiro atoms. The lowest BCUT2D eigenvalue weighted by molar-refractivity contribution is -0.00138. The number of nitrogens with zero attached hydrogens (tertiary/aromatic N) is 4. The van der Waals surface area contributed by atoms with Crippen LogP contribution < -0.4 is 9.46 Å². The standard InChI is InChI=1S/C19H18F3N5O3S/c1-27-15(4-7-25-27)13-9-19(21,22)10-16(13)30-12-2-3-17(14(20)8-12)31(28,29)26-18-5-6-23-11-24-18/h2-8,11,13,16H,9-10H2,1H3,(H,23,24,26)/t13-,16+/m1/s1. The van der Waals surface area contributed by atoms with Gasteiger partial charge in [0.05, 0.1) is 0 Å². The van der Waals surface area contributed by atoms with Crippen molar-refractivity contribution < 1.29 is 26.3 Å². The Morgan fingerprint density at radius 1 is 1.19 bits per heavy atom. The number of hydrogen-bond acceptors (Lipinski definition) is 6. The SMILES string of the molecule is Cn1nccc1[C@H]1CC(F)(F)C[C@@H]1Oc1ccc(S(=O)(=O)Nc2ccncn2)c(F)c1. The first-order valence-corrected chi connectivity index (χ1v) is 10.7. The predicted molar refractivity (Wildman–Crippen MR) is 104 cm³/mol. The van der Waals surface area contributed by atoms with Gasteiger partial charge >= 0.3 is 0 Å². The molecule has 2 atom stereocenters. The predicted octanol–water partition coefficient (Wildman–Crippen LogP) is 3.11. The summed E-state index contributed by atoms with van der Waals surface area (Å²) < 4.78 is 77.0. The van der Waals surface area contributed by atoms with Crippen LogP contribution in [-0.2, 0) is 17.1 Å². The summed E-state index contributed by atoms with van der Waals surface area (Å²) in [6.45, 7) is 0. The molecule has 3 aromatic rings. The summed E-state index contributed by atoms with van der Waals surface area (Å²) in [5.74, 6) is -4.74. The first kappa shape index (κ1) is 21.1. The molecule has 8 nitrogen and oxygen atoms in total. The fourth-order valence-corrected chi connectivity index (χ4v) is 4.70. The van der Waals surface area contributed by atoms with E-state index in [2.05, 4.69) is 19.8 Å². The van der Waals surface area contributed by atoms with Gasteiger partial charge < -0.3 is 4.74 Å². The lowest BCUT2D eigenvalue weighted by Gasteiger charge is -2.21.